The Morgan fingerprint density at radius 1 is 0.897 bits per heavy atom. The summed E-state index contributed by atoms with van der Waals surface area (Å²) >= 11 is 0. The second-order valence-electron chi connectivity index (χ2n) is 6.57. The van der Waals surface area contributed by atoms with Crippen LogP contribution in [0.25, 0.3) is 6.08 Å². The van der Waals surface area contributed by atoms with Gasteiger partial charge in [0, 0.05) is 17.7 Å². The normalized spacial score (nSPS) is 11.0. The van der Waals surface area contributed by atoms with Gasteiger partial charge in [-0.05, 0) is 36.8 Å². The highest BCUT2D eigenvalue weighted by atomic mass is 19.1. The van der Waals surface area contributed by atoms with Gasteiger partial charge in [-0.2, -0.15) is 0 Å². The monoisotopic (exact) mass is 388 g/mol. The summed E-state index contributed by atoms with van der Waals surface area (Å²) in [5.41, 5.74) is 2.52. The molecule has 0 radical (unpaired) electrons. The molecule has 0 fully saturated rings. The topological polar surface area (TPSA) is 58.2 Å². The number of benzene rings is 3. The number of aryl methyl sites for hydroxylation is 1. The highest BCUT2D eigenvalue weighted by Crippen LogP contribution is 2.12. The predicted octanol–water partition coefficient (Wildman–Crippen LogP) is 4.22. The number of nitrogens with one attached hydrogen (secondary N) is 2. The molecule has 0 spiro atoms. The van der Waals surface area contributed by atoms with Crippen LogP contribution in [-0.4, -0.2) is 11.8 Å². The first-order valence-electron chi connectivity index (χ1n) is 9.19. The molecule has 0 aliphatic carbocycles. The van der Waals surface area contributed by atoms with Gasteiger partial charge in [-0.3, -0.25) is 9.59 Å². The van der Waals surface area contributed by atoms with Crippen LogP contribution in [0.15, 0.2) is 84.6 Å². The molecule has 0 atom stereocenters. The van der Waals surface area contributed by atoms with Crippen LogP contribution in [0.3, 0.4) is 0 Å². The van der Waals surface area contributed by atoms with Crippen molar-refractivity contribution in [2.75, 3.05) is 0 Å². The van der Waals surface area contributed by atoms with E-state index in [0.717, 1.165) is 11.1 Å². The molecule has 0 unspecified atom stereocenters. The van der Waals surface area contributed by atoms with Crippen LogP contribution in [0.5, 0.6) is 0 Å². The fourth-order valence-electron chi connectivity index (χ4n) is 2.68. The third-order valence-electron chi connectivity index (χ3n) is 4.31. The van der Waals surface area contributed by atoms with Crippen molar-refractivity contribution in [2.24, 2.45) is 0 Å². The van der Waals surface area contributed by atoms with Crippen LogP contribution in [0.4, 0.5) is 4.39 Å². The van der Waals surface area contributed by atoms with Gasteiger partial charge in [0.25, 0.3) is 11.8 Å². The standard InChI is InChI=1S/C24H21FN2O2/c1-17-11-13-19(14-12-17)23(28)27-22(15-20-9-5-6-10-21(20)25)24(29)26-16-18-7-3-2-4-8-18/h2-15H,16H2,1H3,(H,26,29)(H,27,28). The summed E-state index contributed by atoms with van der Waals surface area (Å²) in [6.45, 7) is 2.21. The summed E-state index contributed by atoms with van der Waals surface area (Å²) in [7, 11) is 0. The van der Waals surface area contributed by atoms with E-state index in [0.29, 0.717) is 5.56 Å². The van der Waals surface area contributed by atoms with Gasteiger partial charge in [0.15, 0.2) is 0 Å². The Morgan fingerprint density at radius 2 is 1.55 bits per heavy atom. The lowest BCUT2D eigenvalue weighted by Gasteiger charge is -2.12. The molecule has 0 heterocycles. The van der Waals surface area contributed by atoms with Gasteiger partial charge in [0.05, 0.1) is 0 Å². The van der Waals surface area contributed by atoms with Crippen molar-refractivity contribution >= 4 is 17.9 Å². The predicted molar refractivity (Wildman–Crippen MR) is 111 cm³/mol. The van der Waals surface area contributed by atoms with Gasteiger partial charge >= 0.3 is 0 Å². The molecule has 4 nitrogen and oxygen atoms in total. The number of hydrogen-bond acceptors (Lipinski definition) is 2. The van der Waals surface area contributed by atoms with E-state index >= 15 is 0 Å². The number of amides is 2. The molecular formula is C24H21FN2O2. The van der Waals surface area contributed by atoms with Crippen molar-refractivity contribution in [1.29, 1.82) is 0 Å². The van der Waals surface area contributed by atoms with Crippen LogP contribution < -0.4 is 10.6 Å². The number of hydrogen-bond donors (Lipinski definition) is 2. The Bertz CT molecular complexity index is 1030. The van der Waals surface area contributed by atoms with E-state index in [2.05, 4.69) is 10.6 Å². The Morgan fingerprint density at radius 3 is 2.24 bits per heavy atom. The molecule has 3 rings (SSSR count). The molecule has 0 aliphatic rings. The van der Waals surface area contributed by atoms with Crippen LogP contribution in [-0.2, 0) is 11.3 Å². The largest absolute Gasteiger partial charge is 0.347 e. The fraction of sp³-hybridized carbons (Fsp3) is 0.0833. The van der Waals surface area contributed by atoms with E-state index in [1.165, 1.54) is 18.2 Å². The summed E-state index contributed by atoms with van der Waals surface area (Å²) in [5, 5.41) is 5.37. The number of rotatable bonds is 6. The maximum absolute atomic E-state index is 14.1. The molecule has 0 aliphatic heterocycles. The molecule has 3 aromatic carbocycles. The van der Waals surface area contributed by atoms with Crippen LogP contribution >= 0.6 is 0 Å². The molecular weight excluding hydrogens is 367 g/mol. The molecule has 29 heavy (non-hydrogen) atoms. The summed E-state index contributed by atoms with van der Waals surface area (Å²) in [6, 6.07) is 22.4. The van der Waals surface area contributed by atoms with Gasteiger partial charge in [0.1, 0.15) is 11.5 Å². The van der Waals surface area contributed by atoms with Gasteiger partial charge in [-0.15, -0.1) is 0 Å². The summed E-state index contributed by atoms with van der Waals surface area (Å²) in [6.07, 6.45) is 1.34. The molecule has 0 bridgehead atoms. The number of carbonyl (C=O) groups excluding carboxylic acids is 2. The Kier molecular flexibility index (Phi) is 6.53. The zero-order valence-corrected chi connectivity index (χ0v) is 16.0. The minimum absolute atomic E-state index is 0.0309. The minimum atomic E-state index is -0.502. The number of halogens is 1. The molecule has 2 N–H and O–H groups in total. The molecule has 3 aromatic rings. The number of carbonyl (C=O) groups is 2. The maximum atomic E-state index is 14.1. The SMILES string of the molecule is Cc1ccc(C(=O)NC(=Cc2ccccc2F)C(=O)NCc2ccccc2)cc1. The Labute approximate surface area is 169 Å². The average Bonchev–Trinajstić information content (AvgIpc) is 2.74. The Balaban J connectivity index is 1.83. The van der Waals surface area contributed by atoms with Gasteiger partial charge in [-0.1, -0.05) is 66.2 Å². The minimum Gasteiger partial charge on any atom is -0.347 e. The van der Waals surface area contributed by atoms with Crippen LogP contribution in [0.2, 0.25) is 0 Å². The molecule has 0 saturated heterocycles. The summed E-state index contributed by atoms with van der Waals surface area (Å²) < 4.78 is 14.1. The first kappa shape index (κ1) is 20.0. The van der Waals surface area contributed by atoms with Crippen molar-refractivity contribution < 1.29 is 14.0 Å². The zero-order chi connectivity index (χ0) is 20.6. The van der Waals surface area contributed by atoms with Crippen molar-refractivity contribution in [3.8, 4) is 0 Å². The third-order valence-corrected chi connectivity index (χ3v) is 4.31. The van der Waals surface area contributed by atoms with Crippen molar-refractivity contribution in [3.05, 3.63) is 113 Å². The Hall–Kier alpha value is -3.73. The van der Waals surface area contributed by atoms with Gasteiger partial charge < -0.3 is 10.6 Å². The highest BCUT2D eigenvalue weighted by molar-refractivity contribution is 6.05. The average molecular weight is 388 g/mol. The van der Waals surface area contributed by atoms with Crippen molar-refractivity contribution in [2.45, 2.75) is 13.5 Å². The van der Waals surface area contributed by atoms with E-state index in [9.17, 15) is 14.0 Å². The van der Waals surface area contributed by atoms with Crippen LogP contribution in [0.1, 0.15) is 27.0 Å². The zero-order valence-electron chi connectivity index (χ0n) is 16.0. The molecule has 0 aromatic heterocycles. The molecule has 5 heteroatoms. The summed E-state index contributed by atoms with van der Waals surface area (Å²) in [5.74, 6) is -1.43. The lowest BCUT2D eigenvalue weighted by molar-refractivity contribution is -0.117. The first-order valence-corrected chi connectivity index (χ1v) is 9.19. The second kappa shape index (κ2) is 9.46. The van der Waals surface area contributed by atoms with Crippen molar-refractivity contribution in [1.82, 2.24) is 10.6 Å². The lowest BCUT2D eigenvalue weighted by Crippen LogP contribution is -2.34. The summed E-state index contributed by atoms with van der Waals surface area (Å²) in [4.78, 5) is 25.3. The second-order valence-corrected chi connectivity index (χ2v) is 6.57. The molecule has 0 saturated carbocycles. The molecule has 146 valence electrons. The third kappa shape index (κ3) is 5.62. The smallest absolute Gasteiger partial charge is 0.268 e. The van der Waals surface area contributed by atoms with E-state index in [1.807, 2.05) is 49.4 Å². The van der Waals surface area contributed by atoms with E-state index in [-0.39, 0.29) is 17.8 Å². The van der Waals surface area contributed by atoms with Crippen molar-refractivity contribution in [3.63, 3.8) is 0 Å². The quantitative estimate of drug-likeness (QED) is 0.621. The van der Waals surface area contributed by atoms with Crippen LogP contribution in [0, 0.1) is 12.7 Å². The maximum Gasteiger partial charge on any atom is 0.268 e. The van der Waals surface area contributed by atoms with E-state index in [1.54, 1.807) is 24.3 Å². The first-order chi connectivity index (χ1) is 14.0. The van der Waals surface area contributed by atoms with Gasteiger partial charge in [0.2, 0.25) is 0 Å². The van der Waals surface area contributed by atoms with E-state index < -0.39 is 17.6 Å². The van der Waals surface area contributed by atoms with E-state index in [4.69, 9.17) is 0 Å². The highest BCUT2D eigenvalue weighted by Gasteiger charge is 2.15. The lowest BCUT2D eigenvalue weighted by atomic mass is 10.1. The fourth-order valence-corrected chi connectivity index (χ4v) is 2.68. The molecule has 2 amide bonds. The van der Waals surface area contributed by atoms with Gasteiger partial charge in [-0.25, -0.2) is 4.39 Å².